The Balaban J connectivity index is 2.60. The number of rotatable bonds is 2. The number of hydrogen-bond donors (Lipinski definition) is 2. The molecule has 10 heteroatoms. The highest BCUT2D eigenvalue weighted by atomic mass is 19.4. The lowest BCUT2D eigenvalue weighted by Gasteiger charge is -2.04. The predicted molar refractivity (Wildman–Crippen MR) is 57.5 cm³/mol. The van der Waals surface area contributed by atoms with Crippen molar-refractivity contribution < 1.29 is 18.0 Å². The van der Waals surface area contributed by atoms with Crippen LogP contribution < -0.4 is 10.9 Å². The van der Waals surface area contributed by atoms with Crippen LogP contribution in [0.15, 0.2) is 10.9 Å². The number of alkyl halides is 3. The van der Waals surface area contributed by atoms with Gasteiger partial charge in [0.15, 0.2) is 0 Å². The Bertz CT molecular complexity index is 687. The highest BCUT2D eigenvalue weighted by molar-refractivity contribution is 5.89. The molecule has 0 aliphatic carbocycles. The van der Waals surface area contributed by atoms with Gasteiger partial charge in [-0.2, -0.15) is 22.7 Å². The molecule has 0 saturated heterocycles. The molecule has 0 unspecified atom stereocenters. The van der Waals surface area contributed by atoms with Crippen LogP contribution in [0.25, 0.3) is 5.78 Å². The molecule has 2 aromatic rings. The van der Waals surface area contributed by atoms with Crippen LogP contribution >= 0.6 is 0 Å². The summed E-state index contributed by atoms with van der Waals surface area (Å²) in [7, 11) is 0. The minimum absolute atomic E-state index is 0.106. The van der Waals surface area contributed by atoms with Crippen molar-refractivity contribution >= 4 is 17.5 Å². The van der Waals surface area contributed by atoms with Gasteiger partial charge in [-0.25, -0.2) is 0 Å². The number of carbonyl (C=O) groups excluding carboxylic acids is 1. The summed E-state index contributed by atoms with van der Waals surface area (Å²) in [6, 6.07) is 0.926. The predicted octanol–water partition coefficient (Wildman–Crippen LogP) is 0.785. The number of fused-ring (bicyclic) bond motifs is 1. The SMILES string of the molecule is CCC(=O)Nc1cc(=O)[nH]c2nc(C(F)(F)F)nn12. The van der Waals surface area contributed by atoms with E-state index in [0.717, 1.165) is 10.6 Å². The number of halogens is 3. The van der Waals surface area contributed by atoms with Crippen molar-refractivity contribution in [3.63, 3.8) is 0 Å². The van der Waals surface area contributed by atoms with Crippen LogP contribution in [-0.4, -0.2) is 25.5 Å². The molecule has 2 aromatic heterocycles. The summed E-state index contributed by atoms with van der Waals surface area (Å²) in [5.74, 6) is -2.43. The zero-order valence-corrected chi connectivity index (χ0v) is 9.58. The molecule has 0 aliphatic rings. The monoisotopic (exact) mass is 275 g/mol. The van der Waals surface area contributed by atoms with Gasteiger partial charge in [-0.05, 0) is 0 Å². The molecule has 2 rings (SSSR count). The average Bonchev–Trinajstić information content (AvgIpc) is 2.72. The molecular weight excluding hydrogens is 267 g/mol. The second-order valence-corrected chi connectivity index (χ2v) is 3.59. The number of hydrogen-bond acceptors (Lipinski definition) is 4. The molecule has 0 spiro atoms. The molecule has 0 aromatic carbocycles. The molecule has 0 bridgehead atoms. The van der Waals surface area contributed by atoms with Crippen molar-refractivity contribution in [1.82, 2.24) is 19.6 Å². The fourth-order valence-corrected chi connectivity index (χ4v) is 1.33. The second-order valence-electron chi connectivity index (χ2n) is 3.59. The van der Waals surface area contributed by atoms with E-state index < -0.39 is 29.2 Å². The topological polar surface area (TPSA) is 92.1 Å². The summed E-state index contributed by atoms with van der Waals surface area (Å²) in [6.45, 7) is 1.56. The van der Waals surface area contributed by atoms with Gasteiger partial charge >= 0.3 is 6.18 Å². The maximum Gasteiger partial charge on any atom is 0.453 e. The molecule has 1 amide bonds. The Hall–Kier alpha value is -2.39. The number of nitrogens with zero attached hydrogens (tertiary/aromatic N) is 3. The molecule has 2 heterocycles. The van der Waals surface area contributed by atoms with E-state index in [1.807, 2.05) is 0 Å². The maximum atomic E-state index is 12.5. The third-order valence-electron chi connectivity index (χ3n) is 2.18. The molecule has 7 nitrogen and oxygen atoms in total. The molecular formula is C9H8F3N5O2. The van der Waals surface area contributed by atoms with E-state index in [2.05, 4.69) is 20.4 Å². The van der Waals surface area contributed by atoms with E-state index in [9.17, 15) is 22.8 Å². The van der Waals surface area contributed by atoms with Crippen LogP contribution in [-0.2, 0) is 11.0 Å². The summed E-state index contributed by atoms with van der Waals surface area (Å²) < 4.78 is 38.1. The van der Waals surface area contributed by atoms with Crippen molar-refractivity contribution in [2.24, 2.45) is 0 Å². The van der Waals surface area contributed by atoms with Crippen LogP contribution in [0.4, 0.5) is 19.0 Å². The first-order chi connectivity index (χ1) is 8.81. The van der Waals surface area contributed by atoms with E-state index in [-0.39, 0.29) is 12.2 Å². The Labute approximate surface area is 103 Å². The smallest absolute Gasteiger partial charge is 0.310 e. The fourth-order valence-electron chi connectivity index (χ4n) is 1.33. The molecule has 0 radical (unpaired) electrons. The first-order valence-electron chi connectivity index (χ1n) is 5.18. The van der Waals surface area contributed by atoms with Crippen LogP contribution in [0.2, 0.25) is 0 Å². The van der Waals surface area contributed by atoms with Gasteiger partial charge in [0.05, 0.1) is 0 Å². The Morgan fingerprint density at radius 1 is 1.53 bits per heavy atom. The number of carbonyl (C=O) groups is 1. The third kappa shape index (κ3) is 2.56. The largest absolute Gasteiger partial charge is 0.453 e. The highest BCUT2D eigenvalue weighted by Crippen LogP contribution is 2.26. The molecule has 19 heavy (non-hydrogen) atoms. The minimum Gasteiger partial charge on any atom is -0.310 e. The van der Waals surface area contributed by atoms with E-state index in [1.54, 1.807) is 6.92 Å². The normalized spacial score (nSPS) is 11.8. The molecule has 0 fully saturated rings. The maximum absolute atomic E-state index is 12.5. The summed E-state index contributed by atoms with van der Waals surface area (Å²) in [6.07, 6.45) is -4.63. The van der Waals surface area contributed by atoms with Crippen molar-refractivity contribution in [2.45, 2.75) is 19.5 Å². The van der Waals surface area contributed by atoms with Crippen LogP contribution in [0.3, 0.4) is 0 Å². The third-order valence-corrected chi connectivity index (χ3v) is 2.18. The van der Waals surface area contributed by atoms with E-state index in [4.69, 9.17) is 0 Å². The van der Waals surface area contributed by atoms with Crippen LogP contribution in [0.1, 0.15) is 19.2 Å². The molecule has 0 atom stereocenters. The minimum atomic E-state index is -4.74. The van der Waals surface area contributed by atoms with Gasteiger partial charge in [-0.3, -0.25) is 14.6 Å². The average molecular weight is 275 g/mol. The molecule has 102 valence electrons. The number of nitrogens with one attached hydrogen (secondary N) is 2. The highest BCUT2D eigenvalue weighted by Gasteiger charge is 2.36. The fraction of sp³-hybridized carbons (Fsp3) is 0.333. The van der Waals surface area contributed by atoms with E-state index in [1.165, 1.54) is 0 Å². The van der Waals surface area contributed by atoms with Gasteiger partial charge in [0.1, 0.15) is 5.82 Å². The first kappa shape index (κ1) is 13.1. The first-order valence-corrected chi connectivity index (χ1v) is 5.18. The van der Waals surface area contributed by atoms with Crippen molar-refractivity contribution in [3.8, 4) is 0 Å². The van der Waals surface area contributed by atoms with Gasteiger partial charge in [-0.1, -0.05) is 6.92 Å². The number of aromatic amines is 1. The summed E-state index contributed by atoms with van der Waals surface area (Å²) in [5, 5.41) is 5.48. The van der Waals surface area contributed by atoms with Crippen molar-refractivity contribution in [1.29, 1.82) is 0 Å². The van der Waals surface area contributed by atoms with E-state index in [0.29, 0.717) is 0 Å². The van der Waals surface area contributed by atoms with Gasteiger partial charge in [0, 0.05) is 12.5 Å². The lowest BCUT2D eigenvalue weighted by molar-refractivity contribution is -0.144. The van der Waals surface area contributed by atoms with Crippen LogP contribution in [0, 0.1) is 0 Å². The number of aromatic nitrogens is 4. The van der Waals surface area contributed by atoms with E-state index >= 15 is 0 Å². The quantitative estimate of drug-likeness (QED) is 0.847. The standard InChI is InChI=1S/C9H8F3N5O2/c1-2-5(18)13-4-3-6(19)14-8-15-7(9(10,11)12)16-17(4)8/h3H,2H2,1H3,(H,13,18)(H,14,15,16,19). The summed E-state index contributed by atoms with van der Waals surface area (Å²) >= 11 is 0. The molecule has 0 aliphatic heterocycles. The lowest BCUT2D eigenvalue weighted by atomic mass is 10.4. The van der Waals surface area contributed by atoms with Crippen LogP contribution in [0.5, 0.6) is 0 Å². The van der Waals surface area contributed by atoms with Gasteiger partial charge in [-0.15, -0.1) is 5.10 Å². The summed E-state index contributed by atoms with van der Waals surface area (Å²) in [4.78, 5) is 27.8. The lowest BCUT2D eigenvalue weighted by Crippen LogP contribution is -2.17. The Morgan fingerprint density at radius 3 is 2.79 bits per heavy atom. The zero-order chi connectivity index (χ0) is 14.2. The molecule has 2 N–H and O–H groups in total. The number of anilines is 1. The van der Waals surface area contributed by atoms with Crippen molar-refractivity contribution in [2.75, 3.05) is 5.32 Å². The number of H-pyrrole nitrogens is 1. The second kappa shape index (κ2) is 4.37. The van der Waals surface area contributed by atoms with Gasteiger partial charge in [0.25, 0.3) is 11.4 Å². The summed E-state index contributed by atoms with van der Waals surface area (Å²) in [5.41, 5.74) is -0.694. The molecule has 0 saturated carbocycles. The Morgan fingerprint density at radius 2 is 2.21 bits per heavy atom. The van der Waals surface area contributed by atoms with Crippen molar-refractivity contribution in [3.05, 3.63) is 22.2 Å². The Kier molecular flexibility index (Phi) is 3.00. The number of amides is 1. The van der Waals surface area contributed by atoms with Gasteiger partial charge < -0.3 is 5.32 Å². The van der Waals surface area contributed by atoms with Gasteiger partial charge in [0.2, 0.25) is 11.7 Å². The zero-order valence-electron chi connectivity index (χ0n) is 9.58.